The number of piperidine rings is 1. The van der Waals surface area contributed by atoms with E-state index in [0.29, 0.717) is 32.5 Å². The molecule has 2 saturated heterocycles. The lowest BCUT2D eigenvalue weighted by Gasteiger charge is -2.34. The average molecular weight is 412 g/mol. The van der Waals surface area contributed by atoms with E-state index in [2.05, 4.69) is 20.3 Å². The zero-order chi connectivity index (χ0) is 20.8. The van der Waals surface area contributed by atoms with Gasteiger partial charge in [0.15, 0.2) is 0 Å². The first kappa shape index (κ1) is 20.5. The third-order valence-corrected chi connectivity index (χ3v) is 5.77. The van der Waals surface area contributed by atoms with Crippen molar-refractivity contribution in [2.75, 3.05) is 45.9 Å². The molecule has 0 saturated carbocycles. The number of hydrogen-bond donors (Lipinski definition) is 1. The van der Waals surface area contributed by atoms with Gasteiger partial charge in [0.1, 0.15) is 12.7 Å². The maximum absolute atomic E-state index is 12.8. The second-order valence-electron chi connectivity index (χ2n) is 7.72. The summed E-state index contributed by atoms with van der Waals surface area (Å²) in [5.41, 5.74) is 1.86. The first-order valence-corrected chi connectivity index (χ1v) is 10.5. The van der Waals surface area contributed by atoms with Gasteiger partial charge >= 0.3 is 0 Å². The van der Waals surface area contributed by atoms with Crippen LogP contribution in [0.3, 0.4) is 0 Å². The van der Waals surface area contributed by atoms with Gasteiger partial charge in [0.05, 0.1) is 24.8 Å². The number of carbonyl (C=O) groups excluding carboxylic acids is 2. The van der Waals surface area contributed by atoms with Crippen LogP contribution in [0.5, 0.6) is 0 Å². The summed E-state index contributed by atoms with van der Waals surface area (Å²) in [6.07, 6.45) is 4.15. The normalized spacial score (nSPS) is 20.3. The van der Waals surface area contributed by atoms with Crippen molar-refractivity contribution in [3.05, 3.63) is 42.5 Å². The second-order valence-corrected chi connectivity index (χ2v) is 7.72. The van der Waals surface area contributed by atoms with Crippen LogP contribution in [0.15, 0.2) is 36.9 Å². The molecule has 2 amide bonds. The fourth-order valence-corrected chi connectivity index (χ4v) is 3.97. The molecule has 0 radical (unpaired) electrons. The molecule has 2 aromatic rings. The largest absolute Gasteiger partial charge is 0.379 e. The summed E-state index contributed by atoms with van der Waals surface area (Å²) < 4.78 is 7.06. The molecule has 3 heterocycles. The molecule has 30 heavy (non-hydrogen) atoms. The lowest BCUT2D eigenvalue weighted by molar-refractivity contribution is -0.138. The number of benzene rings is 1. The van der Waals surface area contributed by atoms with Crippen molar-refractivity contribution in [2.24, 2.45) is 5.92 Å². The van der Waals surface area contributed by atoms with Gasteiger partial charge in [-0.05, 0) is 18.1 Å². The van der Waals surface area contributed by atoms with E-state index in [0.717, 1.165) is 44.1 Å². The topological polar surface area (TPSA) is 92.6 Å². The van der Waals surface area contributed by atoms with Gasteiger partial charge < -0.3 is 15.0 Å². The summed E-state index contributed by atoms with van der Waals surface area (Å²) in [6.45, 7) is 5.68. The number of morpholine rings is 1. The van der Waals surface area contributed by atoms with E-state index < -0.39 is 0 Å². The van der Waals surface area contributed by atoms with E-state index in [-0.39, 0.29) is 17.7 Å². The number of hydrogen-bond acceptors (Lipinski definition) is 6. The van der Waals surface area contributed by atoms with Crippen LogP contribution in [-0.2, 0) is 20.9 Å². The molecule has 160 valence electrons. The van der Waals surface area contributed by atoms with E-state index in [4.69, 9.17) is 4.74 Å². The summed E-state index contributed by atoms with van der Waals surface area (Å²) >= 11 is 0. The fraction of sp³-hybridized carbons (Fsp3) is 0.524. The third-order valence-electron chi connectivity index (χ3n) is 5.77. The average Bonchev–Trinajstić information content (AvgIpc) is 3.32. The second kappa shape index (κ2) is 9.82. The Morgan fingerprint density at radius 3 is 2.83 bits per heavy atom. The summed E-state index contributed by atoms with van der Waals surface area (Å²) in [4.78, 5) is 33.3. The highest BCUT2D eigenvalue weighted by atomic mass is 16.5. The Bertz CT molecular complexity index is 850. The van der Waals surface area contributed by atoms with Crippen LogP contribution < -0.4 is 5.32 Å². The number of likely N-dealkylation sites (tertiary alicyclic amines) is 1. The van der Waals surface area contributed by atoms with Crippen molar-refractivity contribution in [3.8, 4) is 5.69 Å². The highest BCUT2D eigenvalue weighted by Crippen LogP contribution is 2.19. The fourth-order valence-electron chi connectivity index (χ4n) is 3.97. The van der Waals surface area contributed by atoms with Crippen molar-refractivity contribution in [1.82, 2.24) is 29.9 Å². The van der Waals surface area contributed by atoms with Crippen LogP contribution in [0.25, 0.3) is 5.69 Å². The van der Waals surface area contributed by atoms with Crippen molar-refractivity contribution in [1.29, 1.82) is 0 Å². The molecule has 4 rings (SSSR count). The number of ether oxygens (including phenoxy) is 1. The van der Waals surface area contributed by atoms with Gasteiger partial charge in [-0.2, -0.15) is 5.10 Å². The number of nitrogens with one attached hydrogen (secondary N) is 1. The first-order valence-electron chi connectivity index (χ1n) is 10.5. The third kappa shape index (κ3) is 5.03. The molecule has 2 fully saturated rings. The molecule has 0 bridgehead atoms. The molecule has 2 aliphatic rings. The zero-order valence-electron chi connectivity index (χ0n) is 17.1. The molecule has 0 spiro atoms. The summed E-state index contributed by atoms with van der Waals surface area (Å²) in [5, 5.41) is 7.22. The smallest absolute Gasteiger partial charge is 0.225 e. The van der Waals surface area contributed by atoms with E-state index in [9.17, 15) is 9.59 Å². The molecule has 1 N–H and O–H groups in total. The van der Waals surface area contributed by atoms with Gasteiger partial charge in [-0.3, -0.25) is 14.5 Å². The SMILES string of the molecule is O=C(NCc1ccccc1-n1cncn1)C1CCC(=O)N(CCN2CCOCC2)C1. The molecule has 1 unspecified atom stereocenters. The summed E-state index contributed by atoms with van der Waals surface area (Å²) in [5.74, 6) is -0.0398. The van der Waals surface area contributed by atoms with Gasteiger partial charge in [0.2, 0.25) is 11.8 Å². The number of rotatable bonds is 7. The van der Waals surface area contributed by atoms with Gasteiger partial charge in [-0.1, -0.05) is 18.2 Å². The highest BCUT2D eigenvalue weighted by Gasteiger charge is 2.30. The van der Waals surface area contributed by atoms with Crippen molar-refractivity contribution in [3.63, 3.8) is 0 Å². The maximum Gasteiger partial charge on any atom is 0.225 e. The van der Waals surface area contributed by atoms with Crippen molar-refractivity contribution >= 4 is 11.8 Å². The van der Waals surface area contributed by atoms with Gasteiger partial charge in [0, 0.05) is 45.7 Å². The molecule has 1 aromatic carbocycles. The molecular weight excluding hydrogens is 384 g/mol. The predicted octanol–water partition coefficient (Wildman–Crippen LogP) is 0.454. The standard InChI is InChI=1S/C21H28N6O3/c28-20-6-5-18(14-26(20)8-7-25-9-11-30-12-10-25)21(29)23-13-17-3-1-2-4-19(17)27-16-22-15-24-27/h1-4,15-16,18H,5-14H2,(H,23,29). The minimum absolute atomic E-state index is 0.00716. The molecular formula is C21H28N6O3. The summed E-state index contributed by atoms with van der Waals surface area (Å²) in [6, 6.07) is 7.79. The molecule has 9 nitrogen and oxygen atoms in total. The van der Waals surface area contributed by atoms with Crippen molar-refractivity contribution < 1.29 is 14.3 Å². The number of nitrogens with zero attached hydrogens (tertiary/aromatic N) is 5. The van der Waals surface area contributed by atoms with E-state index in [1.807, 2.05) is 29.2 Å². The Balaban J connectivity index is 1.31. The van der Waals surface area contributed by atoms with Gasteiger partial charge in [0.25, 0.3) is 0 Å². The Kier molecular flexibility index (Phi) is 6.70. The van der Waals surface area contributed by atoms with Crippen LogP contribution in [0, 0.1) is 5.92 Å². The molecule has 1 atom stereocenters. The van der Waals surface area contributed by atoms with Gasteiger partial charge in [-0.15, -0.1) is 0 Å². The Morgan fingerprint density at radius 1 is 1.20 bits per heavy atom. The lowest BCUT2D eigenvalue weighted by atomic mass is 9.96. The molecule has 9 heteroatoms. The quantitative estimate of drug-likeness (QED) is 0.710. The van der Waals surface area contributed by atoms with Crippen LogP contribution in [-0.4, -0.2) is 82.3 Å². The van der Waals surface area contributed by atoms with Crippen LogP contribution in [0.2, 0.25) is 0 Å². The lowest BCUT2D eigenvalue weighted by Crippen LogP contribution is -2.49. The van der Waals surface area contributed by atoms with E-state index in [1.165, 1.54) is 6.33 Å². The van der Waals surface area contributed by atoms with Crippen molar-refractivity contribution in [2.45, 2.75) is 19.4 Å². The predicted molar refractivity (Wildman–Crippen MR) is 110 cm³/mol. The Morgan fingerprint density at radius 2 is 2.03 bits per heavy atom. The maximum atomic E-state index is 12.8. The van der Waals surface area contributed by atoms with Crippen LogP contribution in [0.1, 0.15) is 18.4 Å². The zero-order valence-corrected chi connectivity index (χ0v) is 17.1. The number of amides is 2. The monoisotopic (exact) mass is 412 g/mol. The number of aromatic nitrogens is 3. The minimum atomic E-state index is -0.175. The number of para-hydroxylation sites is 1. The molecule has 1 aromatic heterocycles. The Hall–Kier alpha value is -2.78. The molecule has 0 aliphatic carbocycles. The minimum Gasteiger partial charge on any atom is -0.379 e. The molecule has 2 aliphatic heterocycles. The van der Waals surface area contributed by atoms with E-state index >= 15 is 0 Å². The number of carbonyl (C=O) groups is 2. The van der Waals surface area contributed by atoms with Crippen LogP contribution >= 0.6 is 0 Å². The van der Waals surface area contributed by atoms with Crippen LogP contribution in [0.4, 0.5) is 0 Å². The van der Waals surface area contributed by atoms with Gasteiger partial charge in [-0.25, -0.2) is 9.67 Å². The Labute approximate surface area is 176 Å². The highest BCUT2D eigenvalue weighted by molar-refractivity contribution is 5.83. The van der Waals surface area contributed by atoms with E-state index in [1.54, 1.807) is 11.0 Å². The first-order chi connectivity index (χ1) is 14.7. The summed E-state index contributed by atoms with van der Waals surface area (Å²) in [7, 11) is 0.